The number of anilines is 1. The van der Waals surface area contributed by atoms with Gasteiger partial charge in [-0.25, -0.2) is 9.18 Å². The highest BCUT2D eigenvalue weighted by molar-refractivity contribution is 5.98. The normalized spacial score (nSPS) is 11.3. The number of amides is 2. The maximum Gasteiger partial charge on any atom is 0.343 e. The highest BCUT2D eigenvalue weighted by atomic mass is 19.1. The Morgan fingerprint density at radius 2 is 1.44 bits per heavy atom. The van der Waals surface area contributed by atoms with Crippen LogP contribution in [-0.2, 0) is 22.4 Å². The van der Waals surface area contributed by atoms with Gasteiger partial charge in [-0.3, -0.25) is 14.4 Å². The third-order valence-corrected chi connectivity index (χ3v) is 8.01. The summed E-state index contributed by atoms with van der Waals surface area (Å²) >= 11 is 0. The van der Waals surface area contributed by atoms with Crippen molar-refractivity contribution in [1.29, 1.82) is 0 Å². The second-order valence-corrected chi connectivity index (χ2v) is 11.9. The number of rotatable bonds is 18. The lowest BCUT2D eigenvalue weighted by Gasteiger charge is -2.17. The summed E-state index contributed by atoms with van der Waals surface area (Å²) in [4.78, 5) is 50.7. The summed E-state index contributed by atoms with van der Waals surface area (Å²) in [5.41, 5.74) is 2.30. The zero-order valence-electron chi connectivity index (χ0n) is 28.6. The number of ketones is 1. The van der Waals surface area contributed by atoms with Gasteiger partial charge in [0, 0.05) is 16.8 Å². The van der Waals surface area contributed by atoms with Crippen LogP contribution in [-0.4, -0.2) is 43.3 Å². The lowest BCUT2D eigenvalue weighted by molar-refractivity contribution is -0.119. The number of esters is 1. The molecular formula is C40H43FN2O7. The van der Waals surface area contributed by atoms with E-state index >= 15 is 0 Å². The maximum absolute atomic E-state index is 13.9. The summed E-state index contributed by atoms with van der Waals surface area (Å²) in [5, 5.41) is 5.49. The molecule has 4 aromatic carbocycles. The summed E-state index contributed by atoms with van der Waals surface area (Å²) in [6.45, 7) is 4.22. The third kappa shape index (κ3) is 11.3. The quantitative estimate of drug-likeness (QED) is 0.0633. The van der Waals surface area contributed by atoms with Gasteiger partial charge in [0.1, 0.15) is 11.5 Å². The molecule has 9 nitrogen and oxygen atoms in total. The van der Waals surface area contributed by atoms with Crippen LogP contribution in [0.15, 0.2) is 91.0 Å². The van der Waals surface area contributed by atoms with E-state index in [0.29, 0.717) is 40.5 Å². The van der Waals surface area contributed by atoms with Crippen molar-refractivity contribution in [3.05, 3.63) is 119 Å². The molecule has 0 spiro atoms. The van der Waals surface area contributed by atoms with E-state index in [0.717, 1.165) is 18.4 Å². The van der Waals surface area contributed by atoms with Crippen LogP contribution in [0.3, 0.4) is 0 Å². The fourth-order valence-corrected chi connectivity index (χ4v) is 5.22. The Morgan fingerprint density at radius 3 is 2.10 bits per heavy atom. The Labute approximate surface area is 292 Å². The molecule has 0 saturated carbocycles. The second kappa shape index (κ2) is 18.9. The van der Waals surface area contributed by atoms with Crippen LogP contribution in [0.4, 0.5) is 10.1 Å². The summed E-state index contributed by atoms with van der Waals surface area (Å²) in [5.74, 6) is -1.06. The molecule has 4 rings (SSSR count). The molecule has 0 aromatic heterocycles. The van der Waals surface area contributed by atoms with Gasteiger partial charge in [-0.2, -0.15) is 0 Å². The van der Waals surface area contributed by atoms with Gasteiger partial charge in [0.25, 0.3) is 5.91 Å². The number of hydrogen-bond acceptors (Lipinski definition) is 7. The summed E-state index contributed by atoms with van der Waals surface area (Å²) in [6, 6.07) is 23.4. The van der Waals surface area contributed by atoms with Crippen molar-refractivity contribution in [1.82, 2.24) is 5.32 Å². The first kappa shape index (κ1) is 37.3. The summed E-state index contributed by atoms with van der Waals surface area (Å²) < 4.78 is 30.3. The molecule has 2 N–H and O–H groups in total. The van der Waals surface area contributed by atoms with E-state index in [4.69, 9.17) is 14.2 Å². The lowest BCUT2D eigenvalue weighted by atomic mass is 10.0. The molecule has 10 heteroatoms. The van der Waals surface area contributed by atoms with E-state index in [9.17, 15) is 23.6 Å². The Balaban J connectivity index is 1.25. The topological polar surface area (TPSA) is 120 Å². The number of methoxy groups -OCH3 is 1. The van der Waals surface area contributed by atoms with Gasteiger partial charge in [0.05, 0.1) is 31.7 Å². The van der Waals surface area contributed by atoms with Crippen LogP contribution in [0.1, 0.15) is 77.8 Å². The number of benzene rings is 4. The minimum absolute atomic E-state index is 0.0143. The van der Waals surface area contributed by atoms with Gasteiger partial charge in [-0.1, -0.05) is 56.9 Å². The largest absolute Gasteiger partial charge is 0.494 e. The molecular weight excluding hydrogens is 639 g/mol. The molecule has 2 amide bonds. The van der Waals surface area contributed by atoms with Crippen molar-refractivity contribution >= 4 is 29.3 Å². The molecule has 4 aromatic rings. The van der Waals surface area contributed by atoms with Crippen molar-refractivity contribution in [2.24, 2.45) is 0 Å². The number of para-hydroxylation sites is 1. The molecule has 0 unspecified atom stereocenters. The molecule has 0 aliphatic rings. The van der Waals surface area contributed by atoms with Gasteiger partial charge in [-0.05, 0) is 92.1 Å². The van der Waals surface area contributed by atoms with Crippen LogP contribution in [0.25, 0.3) is 0 Å². The average molecular weight is 683 g/mol. The number of halogens is 1. The highest BCUT2D eigenvalue weighted by Crippen LogP contribution is 2.23. The minimum atomic E-state index is -0.798. The van der Waals surface area contributed by atoms with E-state index < -0.39 is 23.7 Å². The molecule has 0 aliphatic heterocycles. The molecule has 0 bridgehead atoms. The van der Waals surface area contributed by atoms with Crippen molar-refractivity contribution in [2.75, 3.05) is 19.0 Å². The van der Waals surface area contributed by atoms with Gasteiger partial charge in [0.2, 0.25) is 5.91 Å². The van der Waals surface area contributed by atoms with Crippen LogP contribution in [0.2, 0.25) is 0 Å². The van der Waals surface area contributed by atoms with Crippen LogP contribution in [0, 0.1) is 5.82 Å². The molecule has 1 atom stereocenters. The van der Waals surface area contributed by atoms with E-state index in [1.807, 2.05) is 0 Å². The summed E-state index contributed by atoms with van der Waals surface area (Å²) in [6.07, 6.45) is 5.90. The number of nitrogens with one attached hydrogen (secondary N) is 2. The number of Topliss-reactive ketones (excluding diaryl/α,β-unsaturated/α-hetero) is 1. The Hall–Kier alpha value is -5.51. The second-order valence-electron chi connectivity index (χ2n) is 11.9. The number of hydrogen-bond donors (Lipinski definition) is 2. The monoisotopic (exact) mass is 682 g/mol. The van der Waals surface area contributed by atoms with Crippen LogP contribution >= 0.6 is 0 Å². The van der Waals surface area contributed by atoms with Gasteiger partial charge < -0.3 is 24.8 Å². The average Bonchev–Trinajstić information content (AvgIpc) is 3.11. The highest BCUT2D eigenvalue weighted by Gasteiger charge is 2.20. The van der Waals surface area contributed by atoms with Crippen molar-refractivity contribution in [3.8, 4) is 17.2 Å². The first-order valence-corrected chi connectivity index (χ1v) is 16.7. The van der Waals surface area contributed by atoms with Crippen LogP contribution < -0.4 is 24.8 Å². The number of carbonyl (C=O) groups excluding carboxylic acids is 4. The van der Waals surface area contributed by atoms with E-state index in [2.05, 4.69) is 17.6 Å². The Morgan fingerprint density at radius 1 is 0.780 bits per heavy atom. The number of ether oxygens (including phenoxy) is 3. The fourth-order valence-electron chi connectivity index (χ4n) is 5.22. The van der Waals surface area contributed by atoms with Crippen LogP contribution in [0.5, 0.6) is 17.2 Å². The molecule has 0 fully saturated rings. The molecule has 262 valence electrons. The van der Waals surface area contributed by atoms with Crippen molar-refractivity contribution in [2.45, 2.75) is 64.8 Å². The first-order valence-electron chi connectivity index (χ1n) is 16.7. The van der Waals surface area contributed by atoms with Crippen molar-refractivity contribution in [3.63, 3.8) is 0 Å². The summed E-state index contributed by atoms with van der Waals surface area (Å²) in [7, 11) is 1.34. The molecule has 0 aliphatic carbocycles. The van der Waals surface area contributed by atoms with E-state index in [1.54, 1.807) is 66.7 Å². The Kier molecular flexibility index (Phi) is 14.1. The Bertz CT molecular complexity index is 1740. The zero-order chi connectivity index (χ0) is 35.9. The predicted molar refractivity (Wildman–Crippen MR) is 189 cm³/mol. The van der Waals surface area contributed by atoms with Gasteiger partial charge in [0.15, 0.2) is 17.3 Å². The molecule has 0 saturated heterocycles. The van der Waals surface area contributed by atoms with E-state index in [1.165, 1.54) is 57.6 Å². The first-order chi connectivity index (χ1) is 24.2. The minimum Gasteiger partial charge on any atom is -0.494 e. The maximum atomic E-state index is 13.9. The van der Waals surface area contributed by atoms with Gasteiger partial charge in [-0.15, -0.1) is 0 Å². The van der Waals surface area contributed by atoms with E-state index in [-0.39, 0.29) is 30.3 Å². The van der Waals surface area contributed by atoms with Crippen molar-refractivity contribution < 1.29 is 37.8 Å². The zero-order valence-corrected chi connectivity index (χ0v) is 28.6. The predicted octanol–water partition coefficient (Wildman–Crippen LogP) is 7.51. The molecule has 0 heterocycles. The fraction of sp³-hybridized carbons (Fsp3) is 0.300. The molecule has 50 heavy (non-hydrogen) atoms. The SMILES string of the molecule is CCCCCCCOc1ccc(C(=O)Oc2ccc(C[C@H](NC(=O)c3ccc(NC(=O)Cc4cccc(F)c4OC)cc3)C(C)=O)cc2)cc1. The molecule has 0 radical (unpaired) electrons. The van der Waals surface area contributed by atoms with Gasteiger partial charge >= 0.3 is 5.97 Å². The standard InChI is InChI=1S/C40H43FN2O7/c1-4-5-6-7-8-24-49-33-22-16-30(17-23-33)40(47)50-34-20-12-28(13-21-34)25-36(27(2)44)43-39(46)29-14-18-32(19-15-29)42-37(45)26-31-10-9-11-35(41)38(31)48-3/h9-23,36H,4-8,24-26H2,1-3H3,(H,42,45)(H,43,46)/t36-/m0/s1. The number of unbranched alkanes of at least 4 members (excludes halogenated alkanes) is 4. The number of carbonyl (C=O) groups is 4. The smallest absolute Gasteiger partial charge is 0.343 e. The third-order valence-electron chi connectivity index (χ3n) is 8.01. The lowest BCUT2D eigenvalue weighted by Crippen LogP contribution is -2.41.